The lowest BCUT2D eigenvalue weighted by atomic mass is 10.1. The molecule has 2 aromatic heterocycles. The highest BCUT2D eigenvalue weighted by atomic mass is 16.2. The largest absolute Gasteiger partial charge is 0.348 e. The summed E-state index contributed by atoms with van der Waals surface area (Å²) < 4.78 is 1.45. The molecule has 0 aliphatic carbocycles. The second kappa shape index (κ2) is 7.05. The molecule has 0 aliphatic heterocycles. The van der Waals surface area contributed by atoms with Crippen LogP contribution in [0.2, 0.25) is 0 Å². The van der Waals surface area contributed by atoms with E-state index in [0.29, 0.717) is 22.1 Å². The first-order chi connectivity index (χ1) is 13.5. The number of pyridine rings is 1. The van der Waals surface area contributed by atoms with Gasteiger partial charge in [0.1, 0.15) is 0 Å². The first-order valence-electron chi connectivity index (χ1n) is 9.24. The van der Waals surface area contributed by atoms with Crippen LogP contribution in [0.25, 0.3) is 27.3 Å². The number of fused-ring (bicyclic) bond motifs is 4. The van der Waals surface area contributed by atoms with Crippen LogP contribution in [0.15, 0.2) is 59.5 Å². The second-order valence-corrected chi connectivity index (χ2v) is 7.35. The molecule has 0 fully saturated rings. The summed E-state index contributed by atoms with van der Waals surface area (Å²) in [6.45, 7) is 2.67. The molecule has 2 heterocycles. The maximum atomic E-state index is 13.1. The number of nitrogens with zero attached hydrogens (tertiary/aromatic N) is 3. The molecule has 4 rings (SSSR count). The number of carbonyl (C=O) groups is 1. The van der Waals surface area contributed by atoms with Gasteiger partial charge in [-0.3, -0.25) is 14.0 Å². The van der Waals surface area contributed by atoms with Gasteiger partial charge in [-0.05, 0) is 44.6 Å². The molecule has 1 N–H and O–H groups in total. The van der Waals surface area contributed by atoms with Gasteiger partial charge in [0.2, 0.25) is 0 Å². The van der Waals surface area contributed by atoms with Crippen LogP contribution in [0, 0.1) is 0 Å². The van der Waals surface area contributed by atoms with Gasteiger partial charge in [-0.1, -0.05) is 30.3 Å². The Labute approximate surface area is 162 Å². The van der Waals surface area contributed by atoms with Crippen molar-refractivity contribution in [3.05, 3.63) is 70.6 Å². The molecule has 0 aliphatic rings. The van der Waals surface area contributed by atoms with E-state index in [1.165, 1.54) is 4.40 Å². The summed E-state index contributed by atoms with van der Waals surface area (Å²) in [4.78, 5) is 32.7. The van der Waals surface area contributed by atoms with Crippen molar-refractivity contribution in [3.8, 4) is 0 Å². The van der Waals surface area contributed by atoms with Gasteiger partial charge in [0.25, 0.3) is 11.5 Å². The van der Waals surface area contributed by atoms with Crippen LogP contribution in [-0.4, -0.2) is 46.9 Å². The van der Waals surface area contributed by atoms with Crippen LogP contribution < -0.4 is 10.9 Å². The molecule has 0 spiro atoms. The van der Waals surface area contributed by atoms with Crippen molar-refractivity contribution in [2.75, 3.05) is 20.6 Å². The highest BCUT2D eigenvalue weighted by Gasteiger charge is 2.17. The number of amides is 1. The molecule has 1 amide bonds. The Morgan fingerprint density at radius 1 is 1.11 bits per heavy atom. The minimum absolute atomic E-state index is 0.0317. The van der Waals surface area contributed by atoms with Crippen LogP contribution >= 0.6 is 0 Å². The minimum Gasteiger partial charge on any atom is -0.348 e. The summed E-state index contributed by atoms with van der Waals surface area (Å²) >= 11 is 0. The van der Waals surface area contributed by atoms with Crippen LogP contribution in [0.5, 0.6) is 0 Å². The predicted octanol–water partition coefficient (Wildman–Crippen LogP) is 2.68. The van der Waals surface area contributed by atoms with E-state index in [2.05, 4.69) is 5.32 Å². The molecule has 0 radical (unpaired) electrons. The number of hydrogen-bond acceptors (Lipinski definition) is 4. The molecule has 6 nitrogen and oxygen atoms in total. The monoisotopic (exact) mass is 374 g/mol. The third-order valence-electron chi connectivity index (χ3n) is 4.80. The lowest BCUT2D eigenvalue weighted by Gasteiger charge is -2.18. The highest BCUT2D eigenvalue weighted by Crippen LogP contribution is 2.23. The molecular formula is C22H22N4O2. The zero-order valence-electron chi connectivity index (χ0n) is 16.1. The summed E-state index contributed by atoms with van der Waals surface area (Å²) in [5, 5.41) is 5.43. The first-order valence-corrected chi connectivity index (χ1v) is 9.24. The van der Waals surface area contributed by atoms with Gasteiger partial charge in [0.05, 0.1) is 16.5 Å². The van der Waals surface area contributed by atoms with Gasteiger partial charge < -0.3 is 10.2 Å². The van der Waals surface area contributed by atoms with Crippen LogP contribution in [0.4, 0.5) is 0 Å². The quantitative estimate of drug-likeness (QED) is 0.441. The molecule has 0 unspecified atom stereocenters. The predicted molar refractivity (Wildman–Crippen MR) is 112 cm³/mol. The second-order valence-electron chi connectivity index (χ2n) is 7.35. The average molecular weight is 374 g/mol. The fourth-order valence-electron chi connectivity index (χ4n) is 3.63. The van der Waals surface area contributed by atoms with Gasteiger partial charge in [0, 0.05) is 24.2 Å². The van der Waals surface area contributed by atoms with Crippen molar-refractivity contribution in [1.29, 1.82) is 0 Å². The van der Waals surface area contributed by atoms with Crippen molar-refractivity contribution in [2.45, 2.75) is 13.0 Å². The van der Waals surface area contributed by atoms with E-state index in [1.807, 2.05) is 56.3 Å². The lowest BCUT2D eigenvalue weighted by molar-refractivity contribution is 0.0935. The van der Waals surface area contributed by atoms with Crippen LogP contribution in [0.3, 0.4) is 0 Å². The van der Waals surface area contributed by atoms with Gasteiger partial charge in [-0.15, -0.1) is 0 Å². The van der Waals surface area contributed by atoms with Crippen molar-refractivity contribution < 1.29 is 4.79 Å². The van der Waals surface area contributed by atoms with E-state index in [1.54, 1.807) is 24.4 Å². The number of benzene rings is 2. The standard InChI is InChI=1S/C22H22N4O2/c1-14(13-25(2)3)23-21(27)18-9-6-12-26-20(18)24-19-16-8-5-4-7-15(16)10-11-17(19)22(26)28/h4-12,14H,13H2,1-3H3,(H,23,27)/t14-/m0/s1. The SMILES string of the molecule is C[C@@H](CN(C)C)NC(=O)c1cccn2c(=O)c3ccc4ccccc4c3nc12. The molecule has 142 valence electrons. The number of aromatic nitrogens is 2. The van der Waals surface area contributed by atoms with Crippen molar-refractivity contribution in [1.82, 2.24) is 19.6 Å². The smallest absolute Gasteiger partial charge is 0.265 e. The molecule has 6 heteroatoms. The molecule has 0 bridgehead atoms. The van der Waals surface area contributed by atoms with E-state index < -0.39 is 0 Å². The topological polar surface area (TPSA) is 66.7 Å². The zero-order valence-corrected chi connectivity index (χ0v) is 16.1. The maximum Gasteiger partial charge on any atom is 0.265 e. The molecule has 0 saturated heterocycles. The molecule has 0 saturated carbocycles. The summed E-state index contributed by atoms with van der Waals surface area (Å²) in [5.74, 6) is -0.237. The van der Waals surface area contributed by atoms with E-state index in [-0.39, 0.29) is 17.5 Å². The number of hydrogen-bond donors (Lipinski definition) is 1. The number of rotatable bonds is 4. The molecule has 2 aromatic carbocycles. The zero-order chi connectivity index (χ0) is 19.8. The Kier molecular flexibility index (Phi) is 4.57. The average Bonchev–Trinajstić information content (AvgIpc) is 2.67. The fourth-order valence-corrected chi connectivity index (χ4v) is 3.63. The van der Waals surface area contributed by atoms with Crippen molar-refractivity contribution in [3.63, 3.8) is 0 Å². The molecule has 4 aromatic rings. The number of carbonyl (C=O) groups excluding carboxylic acids is 1. The van der Waals surface area contributed by atoms with E-state index in [9.17, 15) is 9.59 Å². The normalized spacial score (nSPS) is 12.7. The third kappa shape index (κ3) is 3.12. The Hall–Kier alpha value is -3.25. The van der Waals surface area contributed by atoms with Crippen LogP contribution in [0.1, 0.15) is 17.3 Å². The third-order valence-corrected chi connectivity index (χ3v) is 4.80. The first kappa shape index (κ1) is 18.1. The van der Waals surface area contributed by atoms with Gasteiger partial charge in [0.15, 0.2) is 5.65 Å². The summed E-state index contributed by atoms with van der Waals surface area (Å²) in [5.41, 5.74) is 1.19. The van der Waals surface area contributed by atoms with E-state index in [0.717, 1.165) is 17.3 Å². The molecular weight excluding hydrogens is 352 g/mol. The minimum atomic E-state index is -0.237. The van der Waals surface area contributed by atoms with E-state index in [4.69, 9.17) is 4.98 Å². The molecule has 28 heavy (non-hydrogen) atoms. The number of likely N-dealkylation sites (N-methyl/N-ethyl adjacent to an activating group) is 1. The Morgan fingerprint density at radius 2 is 1.89 bits per heavy atom. The van der Waals surface area contributed by atoms with Gasteiger partial charge >= 0.3 is 0 Å². The summed E-state index contributed by atoms with van der Waals surface area (Å²) in [6, 6.07) is 14.9. The fraction of sp³-hybridized carbons (Fsp3) is 0.227. The Morgan fingerprint density at radius 3 is 2.68 bits per heavy atom. The van der Waals surface area contributed by atoms with Crippen LogP contribution in [-0.2, 0) is 0 Å². The number of nitrogens with one attached hydrogen (secondary N) is 1. The summed E-state index contributed by atoms with van der Waals surface area (Å²) in [7, 11) is 3.91. The van der Waals surface area contributed by atoms with Crippen molar-refractivity contribution in [2.24, 2.45) is 0 Å². The van der Waals surface area contributed by atoms with Gasteiger partial charge in [-0.2, -0.15) is 0 Å². The Balaban J connectivity index is 1.92. The molecule has 1 atom stereocenters. The van der Waals surface area contributed by atoms with E-state index >= 15 is 0 Å². The lowest BCUT2D eigenvalue weighted by Crippen LogP contribution is -2.39. The van der Waals surface area contributed by atoms with Crippen molar-refractivity contribution >= 4 is 33.2 Å². The van der Waals surface area contributed by atoms with Gasteiger partial charge in [-0.25, -0.2) is 4.98 Å². The maximum absolute atomic E-state index is 13.1. The summed E-state index contributed by atoms with van der Waals surface area (Å²) in [6.07, 6.45) is 1.65. The highest BCUT2D eigenvalue weighted by molar-refractivity contribution is 6.07. The Bertz CT molecular complexity index is 1260.